The molecule has 5 heteroatoms. The smallest absolute Gasteiger partial charge is 0.238 e. The molecule has 0 aliphatic heterocycles. The molecule has 0 saturated carbocycles. The van der Waals surface area contributed by atoms with E-state index in [0.717, 1.165) is 11.3 Å². The second-order valence-electron chi connectivity index (χ2n) is 3.97. The summed E-state index contributed by atoms with van der Waals surface area (Å²) in [5.74, 6) is 0.0382. The standard InChI is InChI=1S/C12H14FN3O/c1-7-5-12(16-15-7)17-11-4-3-9(8(2)14)6-10(11)13/h3-6,8H,14H2,1-2H3,(H,15,16)/t8-/m1/s1. The van der Waals surface area contributed by atoms with E-state index in [-0.39, 0.29) is 11.8 Å². The van der Waals surface area contributed by atoms with Gasteiger partial charge in [0.15, 0.2) is 11.6 Å². The molecule has 4 nitrogen and oxygen atoms in total. The fraction of sp³-hybridized carbons (Fsp3) is 0.250. The van der Waals surface area contributed by atoms with Crippen LogP contribution in [0, 0.1) is 12.7 Å². The van der Waals surface area contributed by atoms with Crippen LogP contribution in [-0.2, 0) is 0 Å². The Morgan fingerprint density at radius 1 is 1.41 bits per heavy atom. The van der Waals surface area contributed by atoms with E-state index in [2.05, 4.69) is 10.2 Å². The molecule has 1 atom stereocenters. The first-order chi connectivity index (χ1) is 8.06. The zero-order chi connectivity index (χ0) is 12.4. The minimum atomic E-state index is -0.444. The molecule has 2 rings (SSSR count). The van der Waals surface area contributed by atoms with E-state index in [9.17, 15) is 4.39 Å². The van der Waals surface area contributed by atoms with E-state index >= 15 is 0 Å². The van der Waals surface area contributed by atoms with Gasteiger partial charge in [0.25, 0.3) is 0 Å². The Labute approximate surface area is 98.6 Å². The number of benzene rings is 1. The summed E-state index contributed by atoms with van der Waals surface area (Å²) >= 11 is 0. The molecule has 1 heterocycles. The predicted molar refractivity (Wildman–Crippen MR) is 62.4 cm³/mol. The van der Waals surface area contributed by atoms with Crippen molar-refractivity contribution in [3.8, 4) is 11.6 Å². The van der Waals surface area contributed by atoms with E-state index in [1.165, 1.54) is 6.07 Å². The molecule has 0 fully saturated rings. The van der Waals surface area contributed by atoms with Gasteiger partial charge in [-0.15, -0.1) is 5.10 Å². The van der Waals surface area contributed by atoms with Crippen LogP contribution in [0.5, 0.6) is 11.6 Å². The van der Waals surface area contributed by atoms with Gasteiger partial charge in [0.05, 0.1) is 0 Å². The highest BCUT2D eigenvalue weighted by Gasteiger charge is 2.09. The fourth-order valence-corrected chi connectivity index (χ4v) is 1.44. The summed E-state index contributed by atoms with van der Waals surface area (Å²) in [6, 6.07) is 6.16. The molecule has 0 amide bonds. The van der Waals surface area contributed by atoms with Crippen molar-refractivity contribution in [2.24, 2.45) is 5.73 Å². The summed E-state index contributed by atoms with van der Waals surface area (Å²) in [6.45, 7) is 3.64. The van der Waals surface area contributed by atoms with Gasteiger partial charge in [-0.2, -0.15) is 0 Å². The summed E-state index contributed by atoms with van der Waals surface area (Å²) in [5, 5.41) is 6.59. The first-order valence-electron chi connectivity index (χ1n) is 5.31. The maximum Gasteiger partial charge on any atom is 0.238 e. The van der Waals surface area contributed by atoms with Gasteiger partial charge < -0.3 is 10.5 Å². The lowest BCUT2D eigenvalue weighted by Gasteiger charge is -2.08. The van der Waals surface area contributed by atoms with Crippen molar-refractivity contribution in [1.29, 1.82) is 0 Å². The van der Waals surface area contributed by atoms with Crippen molar-refractivity contribution in [3.63, 3.8) is 0 Å². The van der Waals surface area contributed by atoms with Crippen molar-refractivity contribution in [1.82, 2.24) is 10.2 Å². The number of halogens is 1. The zero-order valence-electron chi connectivity index (χ0n) is 9.70. The Bertz CT molecular complexity index is 522. The van der Waals surface area contributed by atoms with Crippen LogP contribution in [0.4, 0.5) is 4.39 Å². The number of rotatable bonds is 3. The van der Waals surface area contributed by atoms with Gasteiger partial charge in [-0.1, -0.05) is 6.07 Å². The maximum atomic E-state index is 13.7. The third kappa shape index (κ3) is 2.62. The van der Waals surface area contributed by atoms with Gasteiger partial charge in [0.2, 0.25) is 5.88 Å². The molecule has 0 aliphatic rings. The average molecular weight is 235 g/mol. The molecule has 0 spiro atoms. The van der Waals surface area contributed by atoms with Gasteiger partial charge in [0.1, 0.15) is 0 Å². The number of nitrogens with zero attached hydrogens (tertiary/aromatic N) is 1. The Morgan fingerprint density at radius 2 is 2.18 bits per heavy atom. The monoisotopic (exact) mass is 235 g/mol. The lowest BCUT2D eigenvalue weighted by molar-refractivity contribution is 0.426. The van der Waals surface area contributed by atoms with Crippen molar-refractivity contribution in [2.45, 2.75) is 19.9 Å². The molecule has 17 heavy (non-hydrogen) atoms. The largest absolute Gasteiger partial charge is 0.434 e. The average Bonchev–Trinajstić information content (AvgIpc) is 2.67. The van der Waals surface area contributed by atoms with Crippen molar-refractivity contribution in [2.75, 3.05) is 0 Å². The van der Waals surface area contributed by atoms with Gasteiger partial charge in [-0.3, -0.25) is 5.10 Å². The number of hydrogen-bond donors (Lipinski definition) is 2. The first kappa shape index (κ1) is 11.6. The number of hydrogen-bond acceptors (Lipinski definition) is 3. The fourth-order valence-electron chi connectivity index (χ4n) is 1.44. The summed E-state index contributed by atoms with van der Waals surface area (Å²) in [4.78, 5) is 0. The number of aromatic amines is 1. The molecular weight excluding hydrogens is 221 g/mol. The highest BCUT2D eigenvalue weighted by Crippen LogP contribution is 2.25. The molecule has 0 aliphatic carbocycles. The number of aromatic nitrogens is 2. The van der Waals surface area contributed by atoms with E-state index in [0.29, 0.717) is 5.88 Å². The summed E-state index contributed by atoms with van der Waals surface area (Å²) in [6.07, 6.45) is 0. The maximum absolute atomic E-state index is 13.7. The molecule has 0 bridgehead atoms. The minimum Gasteiger partial charge on any atom is -0.434 e. The summed E-state index contributed by atoms with van der Waals surface area (Å²) in [7, 11) is 0. The third-order valence-electron chi connectivity index (χ3n) is 2.38. The Balaban J connectivity index is 2.22. The van der Waals surface area contributed by atoms with Gasteiger partial charge in [-0.05, 0) is 31.5 Å². The number of ether oxygens (including phenoxy) is 1. The SMILES string of the molecule is Cc1cc(Oc2ccc([C@@H](C)N)cc2F)n[nH]1. The Kier molecular flexibility index (Phi) is 3.10. The molecule has 1 aromatic heterocycles. The highest BCUT2D eigenvalue weighted by molar-refractivity contribution is 5.33. The van der Waals surface area contributed by atoms with Gasteiger partial charge >= 0.3 is 0 Å². The molecule has 0 saturated heterocycles. The van der Waals surface area contributed by atoms with Gasteiger partial charge in [-0.25, -0.2) is 4.39 Å². The van der Waals surface area contributed by atoms with Crippen LogP contribution < -0.4 is 10.5 Å². The minimum absolute atomic E-state index is 0.140. The van der Waals surface area contributed by atoms with Crippen LogP contribution in [0.3, 0.4) is 0 Å². The van der Waals surface area contributed by atoms with Crippen molar-refractivity contribution >= 4 is 0 Å². The van der Waals surface area contributed by atoms with E-state index in [1.54, 1.807) is 25.1 Å². The molecule has 3 N–H and O–H groups in total. The molecule has 1 aromatic carbocycles. The molecule has 0 radical (unpaired) electrons. The van der Waals surface area contributed by atoms with Crippen LogP contribution in [0.15, 0.2) is 24.3 Å². The first-order valence-corrected chi connectivity index (χ1v) is 5.31. The third-order valence-corrected chi connectivity index (χ3v) is 2.38. The summed E-state index contributed by atoms with van der Waals surface area (Å²) < 4.78 is 19.0. The van der Waals surface area contributed by atoms with Crippen LogP contribution in [0.1, 0.15) is 24.2 Å². The highest BCUT2D eigenvalue weighted by atomic mass is 19.1. The molecule has 0 unspecified atom stereocenters. The van der Waals surface area contributed by atoms with Crippen LogP contribution in [-0.4, -0.2) is 10.2 Å². The van der Waals surface area contributed by atoms with E-state index in [1.807, 2.05) is 6.92 Å². The number of nitrogens with one attached hydrogen (secondary N) is 1. The quantitative estimate of drug-likeness (QED) is 0.859. The van der Waals surface area contributed by atoms with Crippen LogP contribution in [0.2, 0.25) is 0 Å². The predicted octanol–water partition coefficient (Wildman–Crippen LogP) is 2.67. The Hall–Kier alpha value is -1.88. The van der Waals surface area contributed by atoms with Crippen LogP contribution >= 0.6 is 0 Å². The second-order valence-corrected chi connectivity index (χ2v) is 3.97. The van der Waals surface area contributed by atoms with E-state index in [4.69, 9.17) is 10.5 Å². The number of H-pyrrole nitrogens is 1. The normalized spacial score (nSPS) is 12.5. The lowest BCUT2D eigenvalue weighted by Crippen LogP contribution is -2.05. The Morgan fingerprint density at radius 3 is 2.71 bits per heavy atom. The van der Waals surface area contributed by atoms with Crippen LogP contribution in [0.25, 0.3) is 0 Å². The molecule has 2 aromatic rings. The van der Waals surface area contributed by atoms with E-state index < -0.39 is 5.82 Å². The van der Waals surface area contributed by atoms with Crippen molar-refractivity contribution < 1.29 is 9.13 Å². The molecular formula is C12H14FN3O. The summed E-state index contributed by atoms with van der Waals surface area (Å²) in [5.41, 5.74) is 7.25. The van der Waals surface area contributed by atoms with Crippen molar-refractivity contribution in [3.05, 3.63) is 41.3 Å². The second kappa shape index (κ2) is 4.55. The van der Waals surface area contributed by atoms with Gasteiger partial charge in [0, 0.05) is 17.8 Å². The number of aryl methyl sites for hydroxylation is 1. The zero-order valence-corrected chi connectivity index (χ0v) is 9.70. The topological polar surface area (TPSA) is 63.9 Å². The molecule has 90 valence electrons. The lowest BCUT2D eigenvalue weighted by atomic mass is 10.1. The number of nitrogens with two attached hydrogens (primary N) is 1.